The molecule has 2 aromatic rings. The van der Waals surface area contributed by atoms with Crippen molar-refractivity contribution in [1.82, 2.24) is 0 Å². The van der Waals surface area contributed by atoms with Crippen molar-refractivity contribution in [3.8, 4) is 23.0 Å². The highest BCUT2D eigenvalue weighted by molar-refractivity contribution is 6.03. The van der Waals surface area contributed by atoms with Gasteiger partial charge in [-0.05, 0) is 17.7 Å². The van der Waals surface area contributed by atoms with E-state index in [1.807, 2.05) is 0 Å². The lowest BCUT2D eigenvalue weighted by Crippen LogP contribution is -2.60. The standard InChI is InChI=1S/C26H30O14/c27-7-16-20(33)22(35)25(40-26-23(36)19(32)13(31)8-37-26)24(39-16)18-12(30)6-15-17(21(18)34)11(29)5-14(38-15)9-1-3-10(28)4-2-9/h1-4,6,13-14,16,19-20,22-28,30-36H,5,7-8H2/t13-,14+,16+,19-,20-,22-,23-,24+,25-,26+/m1/s1. The largest absolute Gasteiger partial charge is 0.508 e. The number of Topliss-reactive ketones (excluding diaryl/α,β-unsaturated/α-hetero) is 1. The maximum atomic E-state index is 13.2. The number of phenols is 3. The maximum absolute atomic E-state index is 13.2. The van der Waals surface area contributed by atoms with Crippen LogP contribution < -0.4 is 4.74 Å². The number of ketones is 1. The summed E-state index contributed by atoms with van der Waals surface area (Å²) >= 11 is 0. The third kappa shape index (κ3) is 4.98. The molecule has 0 amide bonds. The number of aromatic hydroxyl groups is 3. The second-order valence-electron chi connectivity index (χ2n) is 9.97. The average molecular weight is 567 g/mol. The van der Waals surface area contributed by atoms with Crippen LogP contribution in [0.3, 0.4) is 0 Å². The number of benzene rings is 2. The number of carbonyl (C=O) groups is 1. The van der Waals surface area contributed by atoms with Gasteiger partial charge in [0.05, 0.1) is 25.2 Å². The van der Waals surface area contributed by atoms with E-state index in [0.717, 1.165) is 6.07 Å². The average Bonchev–Trinajstić information content (AvgIpc) is 2.92. The Morgan fingerprint density at radius 3 is 2.30 bits per heavy atom. The van der Waals surface area contributed by atoms with E-state index in [0.29, 0.717) is 5.56 Å². The smallest absolute Gasteiger partial charge is 0.186 e. The van der Waals surface area contributed by atoms with Crippen molar-refractivity contribution in [3.63, 3.8) is 0 Å². The van der Waals surface area contributed by atoms with Crippen molar-refractivity contribution in [2.75, 3.05) is 13.2 Å². The molecular formula is C26H30O14. The van der Waals surface area contributed by atoms with Crippen molar-refractivity contribution in [2.24, 2.45) is 0 Å². The molecule has 2 aromatic carbocycles. The number of ether oxygens (including phenoxy) is 4. The number of carbonyl (C=O) groups excluding carboxylic acids is 1. The summed E-state index contributed by atoms with van der Waals surface area (Å²) in [7, 11) is 0. The molecule has 0 radical (unpaired) electrons. The molecule has 14 nitrogen and oxygen atoms in total. The van der Waals surface area contributed by atoms with Crippen LogP contribution in [0.15, 0.2) is 30.3 Å². The van der Waals surface area contributed by atoms with Crippen molar-refractivity contribution in [1.29, 1.82) is 0 Å². The molecule has 0 aromatic heterocycles. The molecule has 40 heavy (non-hydrogen) atoms. The zero-order chi connectivity index (χ0) is 28.9. The predicted molar refractivity (Wildman–Crippen MR) is 130 cm³/mol. The number of hydrogen-bond donors (Lipinski definition) is 9. The van der Waals surface area contributed by atoms with Crippen LogP contribution in [0.1, 0.15) is 40.1 Å². The molecule has 2 saturated heterocycles. The van der Waals surface area contributed by atoms with Crippen LogP contribution >= 0.6 is 0 Å². The molecule has 5 rings (SSSR count). The lowest BCUT2D eigenvalue weighted by molar-refractivity contribution is -0.325. The summed E-state index contributed by atoms with van der Waals surface area (Å²) in [6.45, 7) is -1.22. The second-order valence-corrected chi connectivity index (χ2v) is 9.97. The Kier molecular flexibility index (Phi) is 7.89. The van der Waals surface area contributed by atoms with E-state index in [-0.39, 0.29) is 23.5 Å². The summed E-state index contributed by atoms with van der Waals surface area (Å²) in [5, 5.41) is 92.8. The normalized spacial score (nSPS) is 36.1. The number of hydrogen-bond acceptors (Lipinski definition) is 14. The summed E-state index contributed by atoms with van der Waals surface area (Å²) in [4.78, 5) is 13.2. The van der Waals surface area contributed by atoms with E-state index in [4.69, 9.17) is 18.9 Å². The van der Waals surface area contributed by atoms with E-state index < -0.39 is 97.3 Å². The molecule has 0 bridgehead atoms. The summed E-state index contributed by atoms with van der Waals surface area (Å²) in [5.41, 5.74) is -0.164. The fraction of sp³-hybridized carbons (Fsp3) is 0.500. The van der Waals surface area contributed by atoms with Gasteiger partial charge in [0.2, 0.25) is 0 Å². The van der Waals surface area contributed by atoms with Crippen LogP contribution in [0.4, 0.5) is 0 Å². The second kappa shape index (κ2) is 11.1. The molecule has 14 heteroatoms. The SMILES string of the molecule is O=C1C[C@@H](c2ccc(O)cc2)Oc2cc(O)c([C@@H]3O[C@@H](CO)[C@@H](O)[C@@H](O)[C@H]3O[C@@H]3OC[C@@H](O)[C@@H](O)[C@H]3O)c(O)c21. The minimum Gasteiger partial charge on any atom is -0.508 e. The van der Waals surface area contributed by atoms with Crippen molar-refractivity contribution < 1.29 is 69.7 Å². The monoisotopic (exact) mass is 566 g/mol. The van der Waals surface area contributed by atoms with Crippen molar-refractivity contribution in [3.05, 3.63) is 47.0 Å². The van der Waals surface area contributed by atoms with Gasteiger partial charge in [0.1, 0.15) is 83.5 Å². The van der Waals surface area contributed by atoms with Crippen molar-refractivity contribution >= 4 is 5.78 Å². The lowest BCUT2D eigenvalue weighted by atomic mass is 9.87. The highest BCUT2D eigenvalue weighted by Gasteiger charge is 2.51. The molecule has 3 aliphatic heterocycles. The molecule has 218 valence electrons. The van der Waals surface area contributed by atoms with Crippen molar-refractivity contribution in [2.45, 2.75) is 67.6 Å². The van der Waals surface area contributed by atoms with Crippen LogP contribution in [-0.2, 0) is 14.2 Å². The summed E-state index contributed by atoms with van der Waals surface area (Å²) < 4.78 is 22.5. The number of phenolic OH excluding ortho intramolecular Hbond substituents is 3. The summed E-state index contributed by atoms with van der Waals surface area (Å²) in [5.74, 6) is -2.10. The topological polar surface area (TPSA) is 236 Å². The molecule has 3 heterocycles. The molecule has 0 spiro atoms. The first kappa shape index (κ1) is 28.5. The van der Waals surface area contributed by atoms with Crippen LogP contribution in [0.25, 0.3) is 0 Å². The van der Waals surface area contributed by atoms with Crippen LogP contribution in [0.5, 0.6) is 23.0 Å². The van der Waals surface area contributed by atoms with Gasteiger partial charge in [-0.15, -0.1) is 0 Å². The van der Waals surface area contributed by atoms with Gasteiger partial charge < -0.3 is 64.9 Å². The minimum absolute atomic E-state index is 0.0146. The van der Waals surface area contributed by atoms with Gasteiger partial charge >= 0.3 is 0 Å². The Balaban J connectivity index is 1.51. The lowest BCUT2D eigenvalue weighted by Gasteiger charge is -2.45. The Morgan fingerprint density at radius 1 is 0.925 bits per heavy atom. The zero-order valence-corrected chi connectivity index (χ0v) is 20.8. The van der Waals surface area contributed by atoms with Gasteiger partial charge in [0.15, 0.2) is 12.1 Å². The van der Waals surface area contributed by atoms with Crippen LogP contribution in [-0.4, -0.2) is 114 Å². The maximum Gasteiger partial charge on any atom is 0.186 e. The Labute approximate surface area is 226 Å². The van der Waals surface area contributed by atoms with Gasteiger partial charge in [0, 0.05) is 6.07 Å². The molecule has 0 aliphatic carbocycles. The van der Waals surface area contributed by atoms with Gasteiger partial charge in [-0.1, -0.05) is 12.1 Å². The fourth-order valence-corrected chi connectivity index (χ4v) is 5.16. The number of fused-ring (bicyclic) bond motifs is 1. The first-order valence-corrected chi connectivity index (χ1v) is 12.5. The third-order valence-electron chi connectivity index (χ3n) is 7.36. The van der Waals surface area contributed by atoms with Gasteiger partial charge in [-0.2, -0.15) is 0 Å². The fourth-order valence-electron chi connectivity index (χ4n) is 5.16. The molecule has 2 fully saturated rings. The van der Waals surface area contributed by atoms with E-state index in [9.17, 15) is 50.8 Å². The van der Waals surface area contributed by atoms with Gasteiger partial charge in [0.25, 0.3) is 0 Å². The van der Waals surface area contributed by atoms with E-state index >= 15 is 0 Å². The van der Waals surface area contributed by atoms with Crippen LogP contribution in [0, 0.1) is 0 Å². The van der Waals surface area contributed by atoms with Crippen LogP contribution in [0.2, 0.25) is 0 Å². The van der Waals surface area contributed by atoms with Gasteiger partial charge in [-0.25, -0.2) is 0 Å². The molecule has 0 saturated carbocycles. The third-order valence-corrected chi connectivity index (χ3v) is 7.36. The van der Waals surface area contributed by atoms with E-state index in [1.165, 1.54) is 12.1 Å². The number of rotatable bonds is 5. The van der Waals surface area contributed by atoms with E-state index in [1.54, 1.807) is 12.1 Å². The Hall–Kier alpha value is -3.05. The molecule has 3 aliphatic rings. The number of aliphatic hydroxyl groups is 6. The summed E-state index contributed by atoms with van der Waals surface area (Å²) in [6, 6.07) is 7.02. The Bertz CT molecular complexity index is 1230. The molecule has 0 unspecified atom stereocenters. The first-order valence-electron chi connectivity index (χ1n) is 12.5. The number of aliphatic hydroxyl groups excluding tert-OH is 6. The molecular weight excluding hydrogens is 536 g/mol. The molecule has 10 atom stereocenters. The first-order chi connectivity index (χ1) is 19.0. The Morgan fingerprint density at radius 2 is 1.62 bits per heavy atom. The highest BCUT2D eigenvalue weighted by atomic mass is 16.7. The highest BCUT2D eigenvalue weighted by Crippen LogP contribution is 2.50. The predicted octanol–water partition coefficient (Wildman–Crippen LogP) is -1.51. The van der Waals surface area contributed by atoms with E-state index in [2.05, 4.69) is 0 Å². The van der Waals surface area contributed by atoms with Gasteiger partial charge in [-0.3, -0.25) is 4.79 Å². The minimum atomic E-state index is -1.84. The quantitative estimate of drug-likeness (QED) is 0.200. The molecule has 9 N–H and O–H groups in total. The summed E-state index contributed by atoms with van der Waals surface area (Å²) in [6.07, 6.45) is -15.8. The zero-order valence-electron chi connectivity index (χ0n) is 20.8.